The van der Waals surface area contributed by atoms with Crippen molar-refractivity contribution in [1.29, 1.82) is 0 Å². The van der Waals surface area contributed by atoms with Gasteiger partial charge in [-0.1, -0.05) is 32.0 Å². The van der Waals surface area contributed by atoms with Crippen molar-refractivity contribution in [3.05, 3.63) is 60.2 Å². The quantitative estimate of drug-likeness (QED) is 0.762. The summed E-state index contributed by atoms with van der Waals surface area (Å²) in [6.45, 7) is 3.72. The molecule has 0 bridgehead atoms. The summed E-state index contributed by atoms with van der Waals surface area (Å²) in [6, 6.07) is 15.8. The van der Waals surface area contributed by atoms with Crippen molar-refractivity contribution in [3.8, 4) is 0 Å². The number of carbonyl (C=O) groups excluding carboxylic acids is 2. The first kappa shape index (κ1) is 17.7. The maximum Gasteiger partial charge on any atom is 0.255 e. The van der Waals surface area contributed by atoms with Crippen LogP contribution in [0.4, 0.5) is 11.4 Å². The Morgan fingerprint density at radius 2 is 1.50 bits per heavy atom. The van der Waals surface area contributed by atoms with Gasteiger partial charge in [-0.2, -0.15) is 0 Å². The third kappa shape index (κ3) is 5.21. The van der Waals surface area contributed by atoms with Crippen LogP contribution < -0.4 is 10.6 Å². The van der Waals surface area contributed by atoms with Crippen LogP contribution in [0.3, 0.4) is 0 Å². The molecule has 24 heavy (non-hydrogen) atoms. The van der Waals surface area contributed by atoms with Gasteiger partial charge in [-0.05, 0) is 42.3 Å². The molecule has 3 N–H and O–H groups in total. The summed E-state index contributed by atoms with van der Waals surface area (Å²) in [5.74, 6) is -0.438. The Bertz CT molecular complexity index is 682. The molecule has 2 rings (SSSR count). The first-order chi connectivity index (χ1) is 11.5. The van der Waals surface area contributed by atoms with E-state index in [1.165, 1.54) is 0 Å². The number of hydrogen-bond donors (Lipinski definition) is 3. The average Bonchev–Trinajstić information content (AvgIpc) is 2.56. The first-order valence-electron chi connectivity index (χ1n) is 7.90. The van der Waals surface area contributed by atoms with Crippen molar-refractivity contribution < 1.29 is 14.7 Å². The lowest BCUT2D eigenvalue weighted by Crippen LogP contribution is -2.23. The number of hydrogen-bond acceptors (Lipinski definition) is 3. The summed E-state index contributed by atoms with van der Waals surface area (Å²) in [6.07, 6.45) is -0.616. The molecule has 0 saturated carbocycles. The van der Waals surface area contributed by atoms with Gasteiger partial charge in [0.05, 0.1) is 12.5 Å². The van der Waals surface area contributed by atoms with E-state index in [0.29, 0.717) is 11.3 Å². The SMILES string of the molecule is CC(C)C(O)CC(=O)Nc1ccc(C(=O)Nc2ccccc2)cc1. The van der Waals surface area contributed by atoms with Crippen LogP contribution in [0.2, 0.25) is 0 Å². The second-order valence-electron chi connectivity index (χ2n) is 5.96. The molecule has 0 heterocycles. The monoisotopic (exact) mass is 326 g/mol. The molecule has 0 aliphatic rings. The van der Waals surface area contributed by atoms with Gasteiger partial charge in [0.1, 0.15) is 0 Å². The number of nitrogens with one attached hydrogen (secondary N) is 2. The lowest BCUT2D eigenvalue weighted by atomic mass is 10.0. The Morgan fingerprint density at radius 3 is 2.08 bits per heavy atom. The Kier molecular flexibility index (Phi) is 6.09. The highest BCUT2D eigenvalue weighted by molar-refractivity contribution is 6.04. The molecular formula is C19H22N2O3. The Labute approximate surface area is 141 Å². The number of benzene rings is 2. The summed E-state index contributed by atoms with van der Waals surface area (Å²) in [7, 11) is 0. The van der Waals surface area contributed by atoms with E-state index >= 15 is 0 Å². The molecule has 0 aliphatic heterocycles. The highest BCUT2D eigenvalue weighted by Gasteiger charge is 2.14. The second-order valence-corrected chi connectivity index (χ2v) is 5.96. The van der Waals surface area contributed by atoms with Crippen molar-refractivity contribution in [2.24, 2.45) is 5.92 Å². The average molecular weight is 326 g/mol. The van der Waals surface area contributed by atoms with Crippen molar-refractivity contribution in [3.63, 3.8) is 0 Å². The van der Waals surface area contributed by atoms with Crippen molar-refractivity contribution >= 4 is 23.2 Å². The van der Waals surface area contributed by atoms with Crippen LogP contribution in [-0.2, 0) is 4.79 Å². The fraction of sp³-hybridized carbons (Fsp3) is 0.263. The molecule has 1 atom stereocenters. The predicted molar refractivity (Wildman–Crippen MR) is 94.9 cm³/mol. The number of aliphatic hydroxyl groups excluding tert-OH is 1. The van der Waals surface area contributed by atoms with Crippen molar-refractivity contribution in [2.75, 3.05) is 10.6 Å². The number of amides is 2. The molecule has 5 nitrogen and oxygen atoms in total. The third-order valence-corrected chi connectivity index (χ3v) is 3.63. The molecule has 1 unspecified atom stereocenters. The van der Waals surface area contributed by atoms with E-state index in [1.54, 1.807) is 24.3 Å². The topological polar surface area (TPSA) is 78.4 Å². The molecule has 2 aromatic rings. The minimum Gasteiger partial charge on any atom is -0.392 e. The molecule has 0 aliphatic carbocycles. The molecule has 0 spiro atoms. The van der Waals surface area contributed by atoms with Crippen LogP contribution in [0.25, 0.3) is 0 Å². The van der Waals surface area contributed by atoms with E-state index in [-0.39, 0.29) is 24.2 Å². The molecule has 2 aromatic carbocycles. The third-order valence-electron chi connectivity index (χ3n) is 3.63. The van der Waals surface area contributed by atoms with Gasteiger partial charge in [-0.25, -0.2) is 0 Å². The molecule has 0 saturated heterocycles. The Morgan fingerprint density at radius 1 is 0.917 bits per heavy atom. The minimum absolute atomic E-state index is 0.0276. The van der Waals surface area contributed by atoms with Gasteiger partial charge in [-0.3, -0.25) is 9.59 Å². The van der Waals surface area contributed by atoms with Crippen LogP contribution >= 0.6 is 0 Å². The minimum atomic E-state index is -0.666. The van der Waals surface area contributed by atoms with Gasteiger partial charge in [-0.15, -0.1) is 0 Å². The predicted octanol–water partition coefficient (Wildman–Crippen LogP) is 3.28. The standard InChI is InChI=1S/C19H22N2O3/c1-13(2)17(22)12-18(23)20-16-10-8-14(9-11-16)19(24)21-15-6-4-3-5-7-15/h3-11,13,17,22H,12H2,1-2H3,(H,20,23)(H,21,24). The fourth-order valence-electron chi connectivity index (χ4n) is 2.07. The maximum absolute atomic E-state index is 12.1. The molecular weight excluding hydrogens is 304 g/mol. The molecule has 2 amide bonds. The van der Waals surface area contributed by atoms with Crippen LogP contribution in [-0.4, -0.2) is 23.0 Å². The smallest absolute Gasteiger partial charge is 0.255 e. The first-order valence-corrected chi connectivity index (χ1v) is 7.90. The largest absolute Gasteiger partial charge is 0.392 e. The zero-order valence-electron chi connectivity index (χ0n) is 13.8. The number of rotatable bonds is 6. The normalized spacial score (nSPS) is 11.8. The van der Waals surface area contributed by atoms with Crippen molar-refractivity contribution in [2.45, 2.75) is 26.4 Å². The Balaban J connectivity index is 1.93. The van der Waals surface area contributed by atoms with Crippen molar-refractivity contribution in [1.82, 2.24) is 0 Å². The summed E-state index contributed by atoms with van der Waals surface area (Å²) in [4.78, 5) is 24.0. The van der Waals surface area contributed by atoms with Crippen LogP contribution in [0.15, 0.2) is 54.6 Å². The number of carbonyl (C=O) groups is 2. The molecule has 5 heteroatoms. The van der Waals surface area contributed by atoms with Crippen LogP contribution in [0.5, 0.6) is 0 Å². The van der Waals surface area contributed by atoms with Crippen LogP contribution in [0.1, 0.15) is 30.6 Å². The van der Waals surface area contributed by atoms with E-state index in [9.17, 15) is 14.7 Å². The van der Waals surface area contributed by atoms with Gasteiger partial charge in [0.15, 0.2) is 0 Å². The highest BCUT2D eigenvalue weighted by Crippen LogP contribution is 2.14. The summed E-state index contributed by atoms with van der Waals surface area (Å²) in [5.41, 5.74) is 1.81. The zero-order valence-corrected chi connectivity index (χ0v) is 13.8. The molecule has 126 valence electrons. The van der Waals surface area contributed by atoms with Gasteiger partial charge in [0.2, 0.25) is 5.91 Å². The second kappa shape index (κ2) is 8.26. The van der Waals surface area contributed by atoms with E-state index in [1.807, 2.05) is 44.2 Å². The fourth-order valence-corrected chi connectivity index (χ4v) is 2.07. The molecule has 0 radical (unpaired) electrons. The van der Waals surface area contributed by atoms with E-state index < -0.39 is 6.10 Å². The summed E-state index contributed by atoms with van der Waals surface area (Å²) < 4.78 is 0. The van der Waals surface area contributed by atoms with Crippen LogP contribution in [0, 0.1) is 5.92 Å². The lowest BCUT2D eigenvalue weighted by molar-refractivity contribution is -0.118. The molecule has 0 aromatic heterocycles. The Hall–Kier alpha value is -2.66. The highest BCUT2D eigenvalue weighted by atomic mass is 16.3. The van der Waals surface area contributed by atoms with E-state index in [0.717, 1.165) is 5.69 Å². The number of aliphatic hydroxyl groups is 1. The van der Waals surface area contributed by atoms with E-state index in [4.69, 9.17) is 0 Å². The lowest BCUT2D eigenvalue weighted by Gasteiger charge is -2.14. The van der Waals surface area contributed by atoms with Gasteiger partial charge in [0.25, 0.3) is 5.91 Å². The summed E-state index contributed by atoms with van der Waals surface area (Å²) in [5, 5.41) is 15.2. The van der Waals surface area contributed by atoms with Gasteiger partial charge >= 0.3 is 0 Å². The zero-order chi connectivity index (χ0) is 17.5. The number of anilines is 2. The molecule has 0 fully saturated rings. The van der Waals surface area contributed by atoms with Gasteiger partial charge in [0, 0.05) is 16.9 Å². The summed E-state index contributed by atoms with van der Waals surface area (Å²) >= 11 is 0. The maximum atomic E-state index is 12.1. The van der Waals surface area contributed by atoms with E-state index in [2.05, 4.69) is 10.6 Å². The van der Waals surface area contributed by atoms with Gasteiger partial charge < -0.3 is 15.7 Å². The number of para-hydroxylation sites is 1.